The summed E-state index contributed by atoms with van der Waals surface area (Å²) in [5, 5.41) is 2.75. The molecule has 49 heavy (non-hydrogen) atoms. The van der Waals surface area contributed by atoms with Gasteiger partial charge in [-0.1, -0.05) is 60.1 Å². The van der Waals surface area contributed by atoms with Gasteiger partial charge in [-0.3, -0.25) is 14.3 Å². The van der Waals surface area contributed by atoms with Gasteiger partial charge in [-0.25, -0.2) is 9.59 Å². The lowest BCUT2D eigenvalue weighted by molar-refractivity contribution is -0.142. The van der Waals surface area contributed by atoms with E-state index in [2.05, 4.69) is 28.4 Å². The Bertz CT molecular complexity index is 1870. The van der Waals surface area contributed by atoms with E-state index in [4.69, 9.17) is 27.9 Å². The van der Waals surface area contributed by atoms with Gasteiger partial charge < -0.3 is 24.4 Å². The Morgan fingerprint density at radius 3 is 2.27 bits per heavy atom. The lowest BCUT2D eigenvalue weighted by Gasteiger charge is -2.42. The number of likely N-dealkylation sites (tertiary alicyclic amines) is 2. The number of carbonyl (C=O) groups is 2. The van der Waals surface area contributed by atoms with Crippen molar-refractivity contribution in [1.82, 2.24) is 29.2 Å². The number of nitrogens with zero attached hydrogens (tertiary/aromatic N) is 5. The summed E-state index contributed by atoms with van der Waals surface area (Å²) in [6.07, 6.45) is 7.28. The number of piperidine rings is 2. The number of benzene rings is 2. The van der Waals surface area contributed by atoms with Gasteiger partial charge in [-0.05, 0) is 68.6 Å². The van der Waals surface area contributed by atoms with Crippen LogP contribution in [0.1, 0.15) is 44.2 Å². The van der Waals surface area contributed by atoms with Crippen LogP contribution in [-0.2, 0) is 16.0 Å². The lowest BCUT2D eigenvalue weighted by atomic mass is 10.0. The van der Waals surface area contributed by atoms with Crippen molar-refractivity contribution in [1.29, 1.82) is 0 Å². The number of hydrogen-bond acceptors (Lipinski definition) is 6. The third kappa shape index (κ3) is 7.77. The smallest absolute Gasteiger partial charge is 0.410 e. The zero-order chi connectivity index (χ0) is 34.7. The fraction of sp³-hybridized carbons (Fsp3) is 0.486. The highest BCUT2D eigenvalue weighted by Crippen LogP contribution is 2.27. The molecule has 0 spiro atoms. The molecule has 1 N–H and O–H groups in total. The third-order valence-electron chi connectivity index (χ3n) is 10.4. The number of allylic oxidation sites excluding steroid dienone is 1. The fourth-order valence-corrected chi connectivity index (χ4v) is 7.90. The molecule has 3 saturated heterocycles. The van der Waals surface area contributed by atoms with Gasteiger partial charge in [-0.15, -0.1) is 0 Å². The van der Waals surface area contributed by atoms with E-state index in [1.165, 1.54) is 0 Å². The molecule has 6 rings (SSSR count). The molecule has 1 aromatic heterocycles. The molecule has 10 nitrogen and oxygen atoms in total. The molecule has 3 aromatic rings. The maximum atomic E-state index is 14.0. The Morgan fingerprint density at radius 1 is 0.939 bits per heavy atom. The van der Waals surface area contributed by atoms with Crippen LogP contribution in [-0.4, -0.2) is 113 Å². The number of H-pyrrole nitrogens is 1. The number of hydrogen-bond donors (Lipinski definition) is 1. The summed E-state index contributed by atoms with van der Waals surface area (Å²) >= 11 is 12.5. The van der Waals surface area contributed by atoms with E-state index in [9.17, 15) is 14.4 Å². The summed E-state index contributed by atoms with van der Waals surface area (Å²) < 4.78 is 7.84. The molecule has 2 aromatic carbocycles. The van der Waals surface area contributed by atoms with Crippen LogP contribution in [0.4, 0.5) is 4.79 Å². The van der Waals surface area contributed by atoms with Gasteiger partial charge in [0.2, 0.25) is 0 Å². The average Bonchev–Trinajstić information content (AvgIpc) is 3.45. The molecular formula is C37H46Cl2N6O4. The van der Waals surface area contributed by atoms with Crippen molar-refractivity contribution in [3.05, 3.63) is 79.5 Å². The first kappa shape index (κ1) is 35.3. The Labute approximate surface area is 297 Å². The van der Waals surface area contributed by atoms with Crippen LogP contribution in [0, 0.1) is 0 Å². The maximum absolute atomic E-state index is 14.0. The van der Waals surface area contributed by atoms with Crippen molar-refractivity contribution in [3.8, 4) is 0 Å². The minimum absolute atomic E-state index is 0.0838. The van der Waals surface area contributed by atoms with Crippen LogP contribution in [0.5, 0.6) is 0 Å². The van der Waals surface area contributed by atoms with Gasteiger partial charge in [0.1, 0.15) is 0 Å². The molecule has 4 heterocycles. The average molecular weight is 710 g/mol. The van der Waals surface area contributed by atoms with Crippen molar-refractivity contribution < 1.29 is 14.3 Å². The molecule has 0 radical (unpaired) electrons. The van der Waals surface area contributed by atoms with E-state index in [-0.39, 0.29) is 24.1 Å². The molecule has 262 valence electrons. The molecule has 3 aliphatic heterocycles. The molecule has 2 amide bonds. The van der Waals surface area contributed by atoms with Crippen LogP contribution in [0.3, 0.4) is 0 Å². The number of fused-ring (bicyclic) bond motifs is 1. The predicted molar refractivity (Wildman–Crippen MR) is 196 cm³/mol. The van der Waals surface area contributed by atoms with E-state index in [0.717, 1.165) is 66.1 Å². The number of imidazole rings is 1. The second kappa shape index (κ2) is 15.5. The Balaban J connectivity index is 1.13. The number of aromatic amines is 1. The van der Waals surface area contributed by atoms with Crippen molar-refractivity contribution in [2.24, 2.45) is 0 Å². The van der Waals surface area contributed by atoms with Gasteiger partial charge in [0.25, 0.3) is 5.91 Å². The molecule has 1 atom stereocenters. The highest BCUT2D eigenvalue weighted by Gasteiger charge is 2.35. The summed E-state index contributed by atoms with van der Waals surface area (Å²) in [7, 11) is 2.15. The monoisotopic (exact) mass is 708 g/mol. The summed E-state index contributed by atoms with van der Waals surface area (Å²) in [6.45, 7) is 12.0. The Morgan fingerprint density at radius 2 is 1.61 bits per heavy atom. The molecule has 0 bridgehead atoms. The number of nitrogens with one attached hydrogen (secondary N) is 1. The van der Waals surface area contributed by atoms with Gasteiger partial charge in [-0.2, -0.15) is 0 Å². The first-order valence-electron chi connectivity index (χ1n) is 17.3. The number of piperazine rings is 1. The van der Waals surface area contributed by atoms with E-state index in [1.54, 1.807) is 23.1 Å². The van der Waals surface area contributed by atoms with Gasteiger partial charge in [0.15, 0.2) is 6.10 Å². The van der Waals surface area contributed by atoms with Gasteiger partial charge in [0.05, 0.1) is 21.1 Å². The largest absolute Gasteiger partial charge is 0.436 e. The number of likely N-dealkylation sites (N-methyl/N-ethyl adjacent to an activating group) is 1. The first-order valence-corrected chi connectivity index (χ1v) is 18.1. The standard InChI is InChI=1S/C37H46Cl2N6O4/c1-4-6-26-8-10-32-34(29(26)5-2)40-36(47)45(32)28-13-17-44(18-14-28)37(48)49-33(24-25-7-9-30(38)31(39)23-25)35(46)43-15-11-27(12-16-43)42-21-19-41(3)20-22-42/h4-10,23,27-28,33H,1,11-22,24H2,2-3H3,(H,40,47)/b26-6-,29-5+/t33-/m1/s1. The topological polar surface area (TPSA) is 94.1 Å². The molecular weight excluding hydrogens is 663 g/mol. The van der Waals surface area contributed by atoms with Crippen LogP contribution in [0.2, 0.25) is 10.0 Å². The zero-order valence-corrected chi connectivity index (χ0v) is 29.9. The second-order valence-corrected chi connectivity index (χ2v) is 14.2. The fourth-order valence-electron chi connectivity index (χ4n) is 7.58. The minimum Gasteiger partial charge on any atom is -0.436 e. The number of ether oxygens (including phenoxy) is 1. The molecule has 0 saturated carbocycles. The van der Waals surface area contributed by atoms with E-state index in [1.807, 2.05) is 46.7 Å². The van der Waals surface area contributed by atoms with E-state index >= 15 is 0 Å². The number of amides is 2. The van der Waals surface area contributed by atoms with Crippen molar-refractivity contribution in [2.75, 3.05) is 59.4 Å². The van der Waals surface area contributed by atoms with Crippen LogP contribution in [0.15, 0.2) is 47.8 Å². The highest BCUT2D eigenvalue weighted by atomic mass is 35.5. The van der Waals surface area contributed by atoms with Crippen molar-refractivity contribution in [2.45, 2.75) is 57.2 Å². The highest BCUT2D eigenvalue weighted by molar-refractivity contribution is 6.42. The third-order valence-corrected chi connectivity index (χ3v) is 11.1. The molecule has 3 aliphatic rings. The molecule has 12 heteroatoms. The van der Waals surface area contributed by atoms with Crippen molar-refractivity contribution in [3.63, 3.8) is 0 Å². The first-order chi connectivity index (χ1) is 23.7. The SMILES string of the molecule is C=C/C=c1/ccc2c([nH]c(=O)n2C2CCN(C(=O)O[C@H](Cc3ccc(Cl)c(Cl)c3)C(=O)N3CCC(N4CCN(C)CC4)CC3)CC2)/c1=C/C. The van der Waals surface area contributed by atoms with E-state index < -0.39 is 12.2 Å². The van der Waals surface area contributed by atoms with Crippen LogP contribution < -0.4 is 16.1 Å². The number of aromatic nitrogens is 2. The second-order valence-electron chi connectivity index (χ2n) is 13.4. The molecule has 3 fully saturated rings. The quantitative estimate of drug-likeness (QED) is 0.399. The lowest BCUT2D eigenvalue weighted by Crippen LogP contribution is -2.54. The summed E-state index contributed by atoms with van der Waals surface area (Å²) in [5.41, 5.74) is 2.23. The summed E-state index contributed by atoms with van der Waals surface area (Å²) in [4.78, 5) is 52.3. The van der Waals surface area contributed by atoms with Crippen LogP contribution in [0.25, 0.3) is 23.2 Å². The van der Waals surface area contributed by atoms with Crippen LogP contribution >= 0.6 is 23.2 Å². The Kier molecular flexibility index (Phi) is 11.2. The number of halogens is 2. The van der Waals surface area contributed by atoms with Gasteiger partial charge >= 0.3 is 11.8 Å². The number of carbonyl (C=O) groups excluding carboxylic acids is 2. The minimum atomic E-state index is -0.996. The Hall–Kier alpha value is -3.57. The normalized spacial score (nSPS) is 20.2. The predicted octanol–water partition coefficient (Wildman–Crippen LogP) is 4.03. The van der Waals surface area contributed by atoms with E-state index in [0.29, 0.717) is 55.1 Å². The summed E-state index contributed by atoms with van der Waals surface area (Å²) in [6, 6.07) is 9.56. The number of rotatable bonds is 7. The van der Waals surface area contributed by atoms with Gasteiger partial charge in [0, 0.05) is 76.1 Å². The zero-order valence-electron chi connectivity index (χ0n) is 28.4. The molecule has 0 unspecified atom stereocenters. The maximum Gasteiger partial charge on any atom is 0.410 e. The molecule has 0 aliphatic carbocycles. The van der Waals surface area contributed by atoms with Crippen molar-refractivity contribution >= 4 is 58.4 Å². The summed E-state index contributed by atoms with van der Waals surface area (Å²) in [5.74, 6) is -0.187.